The van der Waals surface area contributed by atoms with E-state index in [-0.39, 0.29) is 15.5 Å². The third kappa shape index (κ3) is 4.04. The van der Waals surface area contributed by atoms with Gasteiger partial charge in [0, 0.05) is 5.56 Å². The molecule has 1 aromatic heterocycles. The highest BCUT2D eigenvalue weighted by atomic mass is 32.2. The number of rotatable bonds is 5. The van der Waals surface area contributed by atoms with Crippen molar-refractivity contribution in [1.29, 1.82) is 0 Å². The van der Waals surface area contributed by atoms with E-state index in [9.17, 15) is 16.8 Å². The molecule has 0 aliphatic heterocycles. The van der Waals surface area contributed by atoms with Crippen LogP contribution < -0.4 is 9.86 Å². The zero-order valence-electron chi connectivity index (χ0n) is 13.3. The summed E-state index contributed by atoms with van der Waals surface area (Å²) in [7, 11) is -8.04. The summed E-state index contributed by atoms with van der Waals surface area (Å²) in [6.45, 7) is 0. The van der Waals surface area contributed by atoms with Gasteiger partial charge in [-0.25, -0.2) is 31.9 Å². The summed E-state index contributed by atoms with van der Waals surface area (Å²) in [5, 5.41) is 5.03. The van der Waals surface area contributed by atoms with Crippen LogP contribution in [-0.2, 0) is 20.0 Å². The van der Waals surface area contributed by atoms with Crippen molar-refractivity contribution in [1.82, 2.24) is 9.97 Å². The summed E-state index contributed by atoms with van der Waals surface area (Å²) in [5.74, 6) is 0.449. The van der Waals surface area contributed by atoms with Crippen LogP contribution in [0.2, 0.25) is 0 Å². The highest BCUT2D eigenvalue weighted by molar-refractivity contribution is 7.93. The van der Waals surface area contributed by atoms with Crippen LogP contribution in [0.1, 0.15) is 0 Å². The molecule has 0 unspecified atom stereocenters. The van der Waals surface area contributed by atoms with E-state index in [1.807, 2.05) is 30.3 Å². The lowest BCUT2D eigenvalue weighted by Crippen LogP contribution is -2.16. The maximum absolute atomic E-state index is 12.4. The Morgan fingerprint density at radius 2 is 1.42 bits per heavy atom. The van der Waals surface area contributed by atoms with Crippen LogP contribution in [0.25, 0.3) is 11.4 Å². The molecule has 0 saturated heterocycles. The number of sulfonamides is 2. The van der Waals surface area contributed by atoms with E-state index in [0.29, 0.717) is 5.82 Å². The van der Waals surface area contributed by atoms with Crippen molar-refractivity contribution < 1.29 is 16.8 Å². The van der Waals surface area contributed by atoms with Gasteiger partial charge in [-0.2, -0.15) is 0 Å². The Kier molecular flexibility index (Phi) is 4.72. The molecule has 3 N–H and O–H groups in total. The van der Waals surface area contributed by atoms with Gasteiger partial charge >= 0.3 is 0 Å². The minimum atomic E-state index is -4.02. The lowest BCUT2D eigenvalue weighted by atomic mass is 10.2. The Labute approximate surface area is 150 Å². The highest BCUT2D eigenvalue weighted by Crippen LogP contribution is 2.19. The molecule has 0 atom stereocenters. The van der Waals surface area contributed by atoms with Crippen LogP contribution in [0.3, 0.4) is 0 Å². The molecule has 0 amide bonds. The van der Waals surface area contributed by atoms with Crippen LogP contribution in [0.4, 0.5) is 5.69 Å². The van der Waals surface area contributed by atoms with E-state index in [0.717, 1.165) is 11.6 Å². The average molecular weight is 390 g/mol. The summed E-state index contributed by atoms with van der Waals surface area (Å²) in [5.41, 5.74) is 0.938. The predicted octanol–water partition coefficient (Wildman–Crippen LogP) is 1.59. The fraction of sp³-hybridized carbons (Fsp3) is 0. The lowest BCUT2D eigenvalue weighted by molar-refractivity contribution is 0.597. The van der Waals surface area contributed by atoms with Gasteiger partial charge in [0.05, 0.1) is 27.9 Å². The molecule has 134 valence electrons. The summed E-state index contributed by atoms with van der Waals surface area (Å²) in [6, 6.07) is 14.0. The zero-order chi connectivity index (χ0) is 18.8. The number of nitrogens with two attached hydrogens (primary N) is 1. The Bertz CT molecular complexity index is 1130. The van der Waals surface area contributed by atoms with Crippen LogP contribution in [0.15, 0.2) is 76.8 Å². The fourth-order valence-electron chi connectivity index (χ4n) is 2.15. The number of anilines is 1. The standard InChI is InChI=1S/C16H14N4O4S2/c17-25(21,22)14-7-4-8-15(9-14)26(23,24)20-13-10-18-16(19-11-13)12-5-2-1-3-6-12/h1-11,20H,(H2,17,21,22). The van der Waals surface area contributed by atoms with E-state index in [2.05, 4.69) is 14.7 Å². The number of primary sulfonamides is 1. The van der Waals surface area contributed by atoms with Gasteiger partial charge in [0.2, 0.25) is 10.0 Å². The van der Waals surface area contributed by atoms with Gasteiger partial charge in [-0.1, -0.05) is 36.4 Å². The van der Waals surface area contributed by atoms with Gasteiger partial charge in [0.1, 0.15) is 0 Å². The molecule has 26 heavy (non-hydrogen) atoms. The molecule has 8 nitrogen and oxygen atoms in total. The number of hydrogen-bond acceptors (Lipinski definition) is 6. The van der Waals surface area contributed by atoms with Crippen molar-refractivity contribution in [2.75, 3.05) is 4.72 Å². The normalized spacial score (nSPS) is 11.9. The molecule has 0 radical (unpaired) electrons. The molecule has 0 spiro atoms. The second-order valence-corrected chi connectivity index (χ2v) is 8.53. The van der Waals surface area contributed by atoms with Crippen molar-refractivity contribution in [3.8, 4) is 11.4 Å². The summed E-state index contributed by atoms with van der Waals surface area (Å²) in [4.78, 5) is 7.72. The molecule has 2 aromatic carbocycles. The van der Waals surface area contributed by atoms with E-state index < -0.39 is 20.0 Å². The molecular formula is C16H14N4O4S2. The maximum Gasteiger partial charge on any atom is 0.262 e. The molecule has 0 saturated carbocycles. The number of aromatic nitrogens is 2. The lowest BCUT2D eigenvalue weighted by Gasteiger charge is -2.09. The highest BCUT2D eigenvalue weighted by Gasteiger charge is 2.18. The van der Waals surface area contributed by atoms with Gasteiger partial charge in [-0.15, -0.1) is 0 Å². The molecule has 1 heterocycles. The summed E-state index contributed by atoms with van der Waals surface area (Å²) < 4.78 is 49.9. The van der Waals surface area contributed by atoms with E-state index in [1.54, 1.807) is 0 Å². The van der Waals surface area contributed by atoms with Gasteiger partial charge in [-0.05, 0) is 18.2 Å². The third-order valence-corrected chi connectivity index (χ3v) is 5.67. The summed E-state index contributed by atoms with van der Waals surface area (Å²) in [6.07, 6.45) is 2.66. The Morgan fingerprint density at radius 1 is 0.808 bits per heavy atom. The van der Waals surface area contributed by atoms with Gasteiger partial charge < -0.3 is 0 Å². The number of nitrogens with zero attached hydrogens (tertiary/aromatic N) is 2. The molecule has 0 fully saturated rings. The van der Waals surface area contributed by atoms with Gasteiger partial charge in [0.15, 0.2) is 5.82 Å². The van der Waals surface area contributed by atoms with Crippen molar-refractivity contribution >= 4 is 25.7 Å². The van der Waals surface area contributed by atoms with Gasteiger partial charge in [0.25, 0.3) is 10.0 Å². The first kappa shape index (κ1) is 18.0. The zero-order valence-corrected chi connectivity index (χ0v) is 14.9. The molecule has 3 aromatic rings. The summed E-state index contributed by atoms with van der Waals surface area (Å²) >= 11 is 0. The topological polar surface area (TPSA) is 132 Å². The van der Waals surface area contributed by atoms with E-state index >= 15 is 0 Å². The van der Waals surface area contributed by atoms with Crippen molar-refractivity contribution in [3.05, 3.63) is 67.0 Å². The van der Waals surface area contributed by atoms with E-state index in [4.69, 9.17) is 5.14 Å². The van der Waals surface area contributed by atoms with Gasteiger partial charge in [-0.3, -0.25) is 4.72 Å². The maximum atomic E-state index is 12.4. The molecule has 0 aliphatic carbocycles. The Morgan fingerprint density at radius 3 is 2.04 bits per heavy atom. The second kappa shape index (κ2) is 6.83. The Balaban J connectivity index is 1.86. The predicted molar refractivity (Wildman–Crippen MR) is 96.1 cm³/mol. The van der Waals surface area contributed by atoms with Crippen LogP contribution >= 0.6 is 0 Å². The van der Waals surface area contributed by atoms with E-state index in [1.165, 1.54) is 30.6 Å². The van der Waals surface area contributed by atoms with Crippen molar-refractivity contribution in [3.63, 3.8) is 0 Å². The average Bonchev–Trinajstić information content (AvgIpc) is 2.62. The monoisotopic (exact) mass is 390 g/mol. The quantitative estimate of drug-likeness (QED) is 0.680. The first-order valence-electron chi connectivity index (χ1n) is 7.29. The molecule has 0 bridgehead atoms. The number of nitrogens with one attached hydrogen (secondary N) is 1. The fourth-order valence-corrected chi connectivity index (χ4v) is 3.86. The Hall–Kier alpha value is -2.82. The minimum absolute atomic E-state index is 0.144. The molecule has 3 rings (SSSR count). The first-order valence-corrected chi connectivity index (χ1v) is 10.3. The van der Waals surface area contributed by atoms with Crippen LogP contribution in [0.5, 0.6) is 0 Å². The van der Waals surface area contributed by atoms with Crippen molar-refractivity contribution in [2.45, 2.75) is 9.79 Å². The van der Waals surface area contributed by atoms with Crippen LogP contribution in [0, 0.1) is 0 Å². The second-order valence-electron chi connectivity index (χ2n) is 5.29. The first-order chi connectivity index (χ1) is 12.3. The molecular weight excluding hydrogens is 376 g/mol. The van der Waals surface area contributed by atoms with Crippen LogP contribution in [-0.4, -0.2) is 26.8 Å². The van der Waals surface area contributed by atoms with Crippen molar-refractivity contribution in [2.24, 2.45) is 5.14 Å². The smallest absolute Gasteiger partial charge is 0.262 e. The number of hydrogen-bond donors (Lipinski definition) is 2. The SMILES string of the molecule is NS(=O)(=O)c1cccc(S(=O)(=O)Nc2cnc(-c3ccccc3)nc2)c1. The number of benzene rings is 2. The molecule has 10 heteroatoms. The third-order valence-electron chi connectivity index (χ3n) is 3.38. The largest absolute Gasteiger partial charge is 0.276 e. The molecule has 0 aliphatic rings. The minimum Gasteiger partial charge on any atom is -0.276 e.